The number of carbonyl (C=O) groups excluding carboxylic acids is 2. The van der Waals surface area contributed by atoms with Gasteiger partial charge in [0.25, 0.3) is 5.91 Å². The van der Waals surface area contributed by atoms with Gasteiger partial charge in [-0.25, -0.2) is 0 Å². The predicted molar refractivity (Wildman–Crippen MR) is 108 cm³/mol. The number of likely N-dealkylation sites (tertiary alicyclic amines) is 2. The fraction of sp³-hybridized carbons (Fsp3) is 0.636. The van der Waals surface area contributed by atoms with Gasteiger partial charge in [0.1, 0.15) is 0 Å². The van der Waals surface area contributed by atoms with Crippen LogP contribution in [-0.4, -0.2) is 73.3 Å². The maximum atomic E-state index is 13.0. The number of hydrogen-bond acceptors (Lipinski definition) is 3. The lowest BCUT2D eigenvalue weighted by molar-refractivity contribution is -0.139. The van der Waals surface area contributed by atoms with Crippen LogP contribution in [0, 0.1) is 19.3 Å². The summed E-state index contributed by atoms with van der Waals surface area (Å²) in [4.78, 5) is 31.5. The quantitative estimate of drug-likeness (QED) is 0.817. The van der Waals surface area contributed by atoms with Crippen molar-refractivity contribution in [1.29, 1.82) is 0 Å². The van der Waals surface area contributed by atoms with E-state index in [0.29, 0.717) is 6.42 Å². The van der Waals surface area contributed by atoms with Gasteiger partial charge in [-0.1, -0.05) is 12.1 Å². The number of likely N-dealkylation sites (N-methyl/N-ethyl adjacent to an activating group) is 1. The Kier molecular flexibility index (Phi) is 5.89. The van der Waals surface area contributed by atoms with E-state index in [4.69, 9.17) is 0 Å². The summed E-state index contributed by atoms with van der Waals surface area (Å²) in [6, 6.07) is 5.96. The highest BCUT2D eigenvalue weighted by Gasteiger charge is 2.41. The van der Waals surface area contributed by atoms with Crippen molar-refractivity contribution in [3.8, 4) is 0 Å². The Morgan fingerprint density at radius 3 is 2.52 bits per heavy atom. The first-order valence-corrected chi connectivity index (χ1v) is 10.1. The zero-order valence-electron chi connectivity index (χ0n) is 17.3. The van der Waals surface area contributed by atoms with Crippen molar-refractivity contribution in [2.45, 2.75) is 39.5 Å². The number of amides is 2. The Morgan fingerprint density at radius 2 is 1.85 bits per heavy atom. The average molecular weight is 372 g/mol. The van der Waals surface area contributed by atoms with Crippen LogP contribution in [0.3, 0.4) is 0 Å². The van der Waals surface area contributed by atoms with Crippen LogP contribution in [0.5, 0.6) is 0 Å². The molecule has 0 unspecified atom stereocenters. The number of benzene rings is 1. The minimum Gasteiger partial charge on any atom is -0.341 e. The number of carbonyl (C=O) groups is 2. The smallest absolute Gasteiger partial charge is 0.254 e. The van der Waals surface area contributed by atoms with Gasteiger partial charge in [-0.3, -0.25) is 9.59 Å². The summed E-state index contributed by atoms with van der Waals surface area (Å²) in [5.74, 6) is 0.443. The SMILES string of the molecule is Cc1cccc(C(=O)N2CCC3(CCC(=O)N(CCN(C)C)C3)CC2)c1C. The van der Waals surface area contributed by atoms with Crippen LogP contribution in [0.25, 0.3) is 0 Å². The number of rotatable bonds is 4. The van der Waals surface area contributed by atoms with Crippen LogP contribution in [-0.2, 0) is 4.79 Å². The van der Waals surface area contributed by atoms with E-state index in [0.717, 1.165) is 68.7 Å². The minimum absolute atomic E-state index is 0.155. The van der Waals surface area contributed by atoms with E-state index in [2.05, 4.69) is 17.9 Å². The number of aryl methyl sites for hydroxylation is 1. The molecule has 1 spiro atoms. The molecule has 5 nitrogen and oxygen atoms in total. The lowest BCUT2D eigenvalue weighted by Gasteiger charge is -2.47. The maximum absolute atomic E-state index is 13.0. The van der Waals surface area contributed by atoms with Gasteiger partial charge < -0.3 is 14.7 Å². The van der Waals surface area contributed by atoms with Gasteiger partial charge >= 0.3 is 0 Å². The fourth-order valence-corrected chi connectivity index (χ4v) is 4.37. The third kappa shape index (κ3) is 4.34. The summed E-state index contributed by atoms with van der Waals surface area (Å²) < 4.78 is 0. The Labute approximate surface area is 163 Å². The summed E-state index contributed by atoms with van der Waals surface area (Å²) in [5, 5.41) is 0. The molecule has 0 aliphatic carbocycles. The highest BCUT2D eigenvalue weighted by atomic mass is 16.2. The second-order valence-electron chi connectivity index (χ2n) is 8.66. The molecule has 2 amide bonds. The van der Waals surface area contributed by atoms with Crippen molar-refractivity contribution in [3.63, 3.8) is 0 Å². The van der Waals surface area contributed by atoms with E-state index in [-0.39, 0.29) is 17.2 Å². The van der Waals surface area contributed by atoms with E-state index >= 15 is 0 Å². The van der Waals surface area contributed by atoms with Crippen LogP contribution in [0.2, 0.25) is 0 Å². The third-order valence-corrected chi connectivity index (χ3v) is 6.51. The molecule has 1 aromatic rings. The van der Waals surface area contributed by atoms with Gasteiger partial charge in [0, 0.05) is 44.7 Å². The largest absolute Gasteiger partial charge is 0.341 e. The molecule has 0 bridgehead atoms. The van der Waals surface area contributed by atoms with Crippen LogP contribution < -0.4 is 0 Å². The Hall–Kier alpha value is -1.88. The summed E-state index contributed by atoms with van der Waals surface area (Å²) in [5.41, 5.74) is 3.27. The predicted octanol–water partition coefficient (Wildman–Crippen LogP) is 2.71. The monoisotopic (exact) mass is 371 g/mol. The average Bonchev–Trinajstić information content (AvgIpc) is 2.65. The third-order valence-electron chi connectivity index (χ3n) is 6.51. The molecule has 2 heterocycles. The van der Waals surface area contributed by atoms with Gasteiger partial charge in [-0.05, 0) is 69.8 Å². The number of nitrogens with zero attached hydrogens (tertiary/aromatic N) is 3. The molecule has 5 heteroatoms. The highest BCUT2D eigenvalue weighted by Crippen LogP contribution is 2.40. The lowest BCUT2D eigenvalue weighted by atomic mass is 9.72. The molecule has 2 fully saturated rings. The van der Waals surface area contributed by atoms with Gasteiger partial charge in [0.2, 0.25) is 5.91 Å². The molecule has 2 aliphatic rings. The van der Waals surface area contributed by atoms with Crippen molar-refractivity contribution >= 4 is 11.8 Å². The molecule has 27 heavy (non-hydrogen) atoms. The summed E-state index contributed by atoms with van der Waals surface area (Å²) >= 11 is 0. The first-order valence-electron chi connectivity index (χ1n) is 10.1. The zero-order valence-corrected chi connectivity index (χ0v) is 17.3. The van der Waals surface area contributed by atoms with Crippen LogP contribution >= 0.6 is 0 Å². The van der Waals surface area contributed by atoms with Crippen LogP contribution in [0.4, 0.5) is 0 Å². The van der Waals surface area contributed by atoms with Gasteiger partial charge in [-0.2, -0.15) is 0 Å². The molecule has 0 aromatic heterocycles. The number of piperidine rings is 2. The molecule has 3 rings (SSSR count). The topological polar surface area (TPSA) is 43.9 Å². The Balaban J connectivity index is 1.63. The van der Waals surface area contributed by atoms with Gasteiger partial charge in [0.15, 0.2) is 0 Å². The van der Waals surface area contributed by atoms with E-state index in [1.54, 1.807) is 0 Å². The minimum atomic E-state index is 0.155. The van der Waals surface area contributed by atoms with Gasteiger partial charge in [-0.15, -0.1) is 0 Å². The van der Waals surface area contributed by atoms with E-state index in [1.165, 1.54) is 0 Å². The standard InChI is InChI=1S/C22H33N3O2/c1-17-6-5-7-19(18(17)2)21(27)24-12-10-22(11-13-24)9-8-20(26)25(16-22)15-14-23(3)4/h5-7H,8-16H2,1-4H3. The summed E-state index contributed by atoms with van der Waals surface area (Å²) in [7, 11) is 4.09. The number of hydrogen-bond donors (Lipinski definition) is 0. The molecule has 0 N–H and O–H groups in total. The van der Waals surface area contributed by atoms with Crippen molar-refractivity contribution in [2.24, 2.45) is 5.41 Å². The Morgan fingerprint density at radius 1 is 1.15 bits per heavy atom. The molecule has 0 saturated carbocycles. The van der Waals surface area contributed by atoms with Crippen LogP contribution in [0.15, 0.2) is 18.2 Å². The van der Waals surface area contributed by atoms with Crippen molar-refractivity contribution in [3.05, 3.63) is 34.9 Å². The molecular formula is C22H33N3O2. The lowest BCUT2D eigenvalue weighted by Crippen LogP contribution is -2.53. The van der Waals surface area contributed by atoms with Crippen molar-refractivity contribution < 1.29 is 9.59 Å². The maximum Gasteiger partial charge on any atom is 0.254 e. The molecular weight excluding hydrogens is 338 g/mol. The van der Waals surface area contributed by atoms with E-state index in [9.17, 15) is 9.59 Å². The van der Waals surface area contributed by atoms with E-state index in [1.807, 2.05) is 43.0 Å². The van der Waals surface area contributed by atoms with Crippen LogP contribution in [0.1, 0.15) is 47.2 Å². The molecule has 0 atom stereocenters. The Bertz CT molecular complexity index is 706. The van der Waals surface area contributed by atoms with Gasteiger partial charge in [0.05, 0.1) is 0 Å². The molecule has 0 radical (unpaired) electrons. The summed E-state index contributed by atoms with van der Waals surface area (Å²) in [6.07, 6.45) is 3.61. The second kappa shape index (κ2) is 8.01. The van der Waals surface area contributed by atoms with Crippen molar-refractivity contribution in [2.75, 3.05) is 46.8 Å². The first kappa shape index (κ1) is 19.9. The van der Waals surface area contributed by atoms with Crippen molar-refractivity contribution in [1.82, 2.24) is 14.7 Å². The normalized spacial score (nSPS) is 19.8. The molecule has 2 aliphatic heterocycles. The molecule has 2 saturated heterocycles. The molecule has 148 valence electrons. The fourth-order valence-electron chi connectivity index (χ4n) is 4.37. The second-order valence-corrected chi connectivity index (χ2v) is 8.66. The summed E-state index contributed by atoms with van der Waals surface area (Å²) in [6.45, 7) is 8.23. The first-order chi connectivity index (χ1) is 12.8. The van der Waals surface area contributed by atoms with E-state index < -0.39 is 0 Å². The highest BCUT2D eigenvalue weighted by molar-refractivity contribution is 5.96. The molecule has 1 aromatic carbocycles. The zero-order chi connectivity index (χ0) is 19.6.